The Morgan fingerprint density at radius 3 is 2.75 bits per heavy atom. The number of amides is 2. The second-order valence-corrected chi connectivity index (χ2v) is 5.01. The van der Waals surface area contributed by atoms with Gasteiger partial charge in [0.2, 0.25) is 0 Å². The van der Waals surface area contributed by atoms with Crippen LogP contribution in [0.25, 0.3) is 0 Å². The number of anilines is 1. The predicted octanol–water partition coefficient (Wildman–Crippen LogP) is 3.87. The summed E-state index contributed by atoms with van der Waals surface area (Å²) < 4.78 is 13.4. The van der Waals surface area contributed by atoms with Gasteiger partial charge in [0.1, 0.15) is 5.82 Å². The number of carbonyl (C=O) groups is 1. The van der Waals surface area contributed by atoms with Crippen LogP contribution in [0, 0.1) is 5.82 Å². The zero-order valence-corrected chi connectivity index (χ0v) is 11.8. The van der Waals surface area contributed by atoms with E-state index in [2.05, 4.69) is 10.6 Å². The molecule has 2 N–H and O–H groups in total. The molecular weight excluding hydrogens is 275 g/mol. The maximum absolute atomic E-state index is 13.4. The molecule has 2 rings (SSSR count). The summed E-state index contributed by atoms with van der Waals surface area (Å²) in [5.74, 6) is -0.322. The van der Waals surface area contributed by atoms with Crippen molar-refractivity contribution in [2.24, 2.45) is 0 Å². The molecule has 0 atom stereocenters. The van der Waals surface area contributed by atoms with Crippen LogP contribution in [-0.4, -0.2) is 12.3 Å². The minimum absolute atomic E-state index is 0.153. The Morgan fingerprint density at radius 1 is 1.20 bits per heavy atom. The number of halogens is 1. The second-order valence-electron chi connectivity index (χ2n) is 4.13. The van der Waals surface area contributed by atoms with Crippen LogP contribution in [0.2, 0.25) is 0 Å². The number of nitrogens with one attached hydrogen (secondary N) is 2. The molecule has 2 amide bonds. The number of benzene rings is 2. The minimum atomic E-state index is -0.355. The van der Waals surface area contributed by atoms with Crippen molar-refractivity contribution in [1.82, 2.24) is 5.32 Å². The molecule has 0 aliphatic heterocycles. The molecule has 104 valence electrons. The van der Waals surface area contributed by atoms with Crippen molar-refractivity contribution in [3.63, 3.8) is 0 Å². The molecule has 0 saturated heterocycles. The van der Waals surface area contributed by atoms with E-state index in [1.807, 2.05) is 30.5 Å². The fourth-order valence-electron chi connectivity index (χ4n) is 1.69. The van der Waals surface area contributed by atoms with Crippen LogP contribution in [0.1, 0.15) is 5.56 Å². The van der Waals surface area contributed by atoms with Gasteiger partial charge in [-0.15, -0.1) is 11.8 Å². The molecule has 0 radical (unpaired) electrons. The quantitative estimate of drug-likeness (QED) is 0.839. The topological polar surface area (TPSA) is 41.1 Å². The van der Waals surface area contributed by atoms with E-state index in [1.165, 1.54) is 6.07 Å². The van der Waals surface area contributed by atoms with Gasteiger partial charge in [0.05, 0.1) is 0 Å². The highest BCUT2D eigenvalue weighted by atomic mass is 32.2. The Labute approximate surface area is 121 Å². The highest BCUT2D eigenvalue weighted by molar-refractivity contribution is 7.98. The summed E-state index contributed by atoms with van der Waals surface area (Å²) in [6.45, 7) is 0.153. The van der Waals surface area contributed by atoms with E-state index < -0.39 is 0 Å². The molecule has 2 aromatic rings. The van der Waals surface area contributed by atoms with Gasteiger partial charge in [-0.05, 0) is 30.5 Å². The van der Waals surface area contributed by atoms with Gasteiger partial charge in [0.15, 0.2) is 0 Å². The first-order valence-electron chi connectivity index (χ1n) is 6.11. The van der Waals surface area contributed by atoms with Crippen molar-refractivity contribution in [2.45, 2.75) is 11.4 Å². The van der Waals surface area contributed by atoms with Gasteiger partial charge in [-0.3, -0.25) is 0 Å². The van der Waals surface area contributed by atoms with Crippen molar-refractivity contribution >= 4 is 23.5 Å². The molecule has 0 saturated carbocycles. The Bertz CT molecular complexity index is 604. The molecule has 0 spiro atoms. The van der Waals surface area contributed by atoms with Crippen LogP contribution >= 0.6 is 11.8 Å². The predicted molar refractivity (Wildman–Crippen MR) is 80.5 cm³/mol. The maximum atomic E-state index is 13.4. The first-order chi connectivity index (χ1) is 9.69. The molecule has 0 heterocycles. The molecule has 20 heavy (non-hydrogen) atoms. The average molecular weight is 290 g/mol. The standard InChI is InChI=1S/C15H15FN2OS/c1-20-13-7-4-6-12(9-13)18-15(19)17-10-11-5-2-3-8-14(11)16/h2-9H,10H2,1H3,(H2,17,18,19). The summed E-state index contributed by atoms with van der Waals surface area (Å²) in [7, 11) is 0. The summed E-state index contributed by atoms with van der Waals surface area (Å²) in [4.78, 5) is 12.8. The van der Waals surface area contributed by atoms with E-state index in [4.69, 9.17) is 0 Å². The van der Waals surface area contributed by atoms with Crippen LogP contribution in [-0.2, 0) is 6.54 Å². The first-order valence-corrected chi connectivity index (χ1v) is 7.34. The first kappa shape index (κ1) is 14.4. The summed E-state index contributed by atoms with van der Waals surface area (Å²) >= 11 is 1.60. The lowest BCUT2D eigenvalue weighted by molar-refractivity contribution is 0.251. The highest BCUT2D eigenvalue weighted by Gasteiger charge is 2.04. The number of hydrogen-bond acceptors (Lipinski definition) is 2. The Morgan fingerprint density at radius 2 is 2.00 bits per heavy atom. The van der Waals surface area contributed by atoms with Crippen LogP contribution < -0.4 is 10.6 Å². The third-order valence-corrected chi connectivity index (χ3v) is 3.45. The highest BCUT2D eigenvalue weighted by Crippen LogP contribution is 2.18. The molecule has 0 fully saturated rings. The number of urea groups is 1. The van der Waals surface area contributed by atoms with Gasteiger partial charge in [-0.1, -0.05) is 24.3 Å². The number of thioether (sulfide) groups is 1. The van der Waals surface area contributed by atoms with Crippen molar-refractivity contribution in [2.75, 3.05) is 11.6 Å². The van der Waals surface area contributed by atoms with Gasteiger partial charge in [-0.25, -0.2) is 9.18 Å². The van der Waals surface area contributed by atoms with Gasteiger partial charge in [-0.2, -0.15) is 0 Å². The molecular formula is C15H15FN2OS. The second kappa shape index (κ2) is 6.96. The molecule has 0 aliphatic carbocycles. The number of hydrogen-bond donors (Lipinski definition) is 2. The van der Waals surface area contributed by atoms with Crippen LogP contribution in [0.3, 0.4) is 0 Å². The van der Waals surface area contributed by atoms with Gasteiger partial charge in [0.25, 0.3) is 0 Å². The molecule has 2 aromatic carbocycles. The summed E-state index contributed by atoms with van der Waals surface area (Å²) in [6, 6.07) is 13.5. The lowest BCUT2D eigenvalue weighted by Gasteiger charge is -2.09. The van der Waals surface area contributed by atoms with E-state index >= 15 is 0 Å². The monoisotopic (exact) mass is 290 g/mol. The van der Waals surface area contributed by atoms with Gasteiger partial charge < -0.3 is 10.6 Å². The summed E-state index contributed by atoms with van der Waals surface area (Å²) in [6.07, 6.45) is 1.97. The van der Waals surface area contributed by atoms with Crippen molar-refractivity contribution < 1.29 is 9.18 Å². The Kier molecular flexibility index (Phi) is 5.01. The molecule has 0 unspecified atom stereocenters. The minimum Gasteiger partial charge on any atom is -0.334 e. The molecule has 5 heteroatoms. The normalized spacial score (nSPS) is 10.1. The molecule has 3 nitrogen and oxygen atoms in total. The Hall–Kier alpha value is -2.01. The zero-order chi connectivity index (χ0) is 14.4. The molecule has 0 aromatic heterocycles. The third-order valence-electron chi connectivity index (χ3n) is 2.72. The number of rotatable bonds is 4. The number of carbonyl (C=O) groups excluding carboxylic acids is 1. The van der Waals surface area contributed by atoms with Crippen LogP contribution in [0.4, 0.5) is 14.9 Å². The fraction of sp³-hybridized carbons (Fsp3) is 0.133. The fourth-order valence-corrected chi connectivity index (χ4v) is 2.15. The van der Waals surface area contributed by atoms with Gasteiger partial charge >= 0.3 is 6.03 Å². The molecule has 0 bridgehead atoms. The van der Waals surface area contributed by atoms with E-state index in [0.717, 1.165) is 4.90 Å². The van der Waals surface area contributed by atoms with Crippen LogP contribution in [0.15, 0.2) is 53.4 Å². The lowest BCUT2D eigenvalue weighted by Crippen LogP contribution is -2.28. The smallest absolute Gasteiger partial charge is 0.319 e. The Balaban J connectivity index is 1.91. The van der Waals surface area contributed by atoms with E-state index in [1.54, 1.807) is 30.0 Å². The molecule has 0 aliphatic rings. The van der Waals surface area contributed by atoms with E-state index in [0.29, 0.717) is 11.3 Å². The third kappa shape index (κ3) is 3.99. The van der Waals surface area contributed by atoms with Crippen molar-refractivity contribution in [3.8, 4) is 0 Å². The average Bonchev–Trinajstić information content (AvgIpc) is 2.46. The zero-order valence-electron chi connectivity index (χ0n) is 11.0. The van der Waals surface area contributed by atoms with Crippen LogP contribution in [0.5, 0.6) is 0 Å². The van der Waals surface area contributed by atoms with Crippen molar-refractivity contribution in [3.05, 3.63) is 59.9 Å². The van der Waals surface area contributed by atoms with Gasteiger partial charge in [0, 0.05) is 22.7 Å². The maximum Gasteiger partial charge on any atom is 0.319 e. The lowest BCUT2D eigenvalue weighted by atomic mass is 10.2. The SMILES string of the molecule is CSc1cccc(NC(=O)NCc2ccccc2F)c1. The van der Waals surface area contributed by atoms with Crippen molar-refractivity contribution in [1.29, 1.82) is 0 Å². The summed E-state index contributed by atoms with van der Waals surface area (Å²) in [5.41, 5.74) is 1.17. The largest absolute Gasteiger partial charge is 0.334 e. The van der Waals surface area contributed by atoms with E-state index in [9.17, 15) is 9.18 Å². The summed E-state index contributed by atoms with van der Waals surface area (Å²) in [5, 5.41) is 5.35. The van der Waals surface area contributed by atoms with E-state index in [-0.39, 0.29) is 18.4 Å².